The molecular formula is C64H91IN6O16. The number of esters is 5. The van der Waals surface area contributed by atoms with Crippen LogP contribution in [0.15, 0.2) is 78.9 Å². The topological polar surface area (TPSA) is 298 Å². The van der Waals surface area contributed by atoms with Crippen LogP contribution in [0.3, 0.4) is 0 Å². The summed E-state index contributed by atoms with van der Waals surface area (Å²) in [7, 11) is 0. The average molecular weight is 1330 g/mol. The molecule has 87 heavy (non-hydrogen) atoms. The highest BCUT2D eigenvalue weighted by atomic mass is 127. The van der Waals surface area contributed by atoms with Crippen LogP contribution in [0.2, 0.25) is 0 Å². The van der Waals surface area contributed by atoms with E-state index >= 15 is 0 Å². The van der Waals surface area contributed by atoms with Crippen LogP contribution in [0.1, 0.15) is 170 Å². The minimum atomic E-state index is -1.27. The minimum absolute atomic E-state index is 0.0579. The van der Waals surface area contributed by atoms with Crippen molar-refractivity contribution in [3.8, 4) is 5.75 Å². The first-order valence-electron chi connectivity index (χ1n) is 29.1. The van der Waals surface area contributed by atoms with Crippen LogP contribution in [-0.4, -0.2) is 131 Å². The number of urea groups is 1. The summed E-state index contributed by atoms with van der Waals surface area (Å²) < 4.78 is 34.4. The maximum Gasteiger partial charge on any atom is 0.329 e. The van der Waals surface area contributed by atoms with Crippen LogP contribution in [0.5, 0.6) is 5.75 Å². The average Bonchev–Trinajstić information content (AvgIpc) is 3.24. The number of hydrogen-bond donors (Lipinski definition) is 6. The van der Waals surface area contributed by atoms with E-state index in [1.165, 1.54) is 0 Å². The molecule has 3 aromatic carbocycles. The maximum absolute atomic E-state index is 14.0. The van der Waals surface area contributed by atoms with Crippen molar-refractivity contribution >= 4 is 82.1 Å². The lowest BCUT2D eigenvalue weighted by atomic mass is 10.0. The van der Waals surface area contributed by atoms with Gasteiger partial charge in [-0.1, -0.05) is 42.5 Å². The minimum Gasteiger partial charge on any atom is -0.484 e. The van der Waals surface area contributed by atoms with E-state index in [-0.39, 0.29) is 62.8 Å². The number of carbonyl (C=O) groups excluding carboxylic acids is 10. The van der Waals surface area contributed by atoms with Crippen molar-refractivity contribution in [2.75, 3.05) is 13.2 Å². The van der Waals surface area contributed by atoms with Gasteiger partial charge in [0.15, 0.2) is 6.61 Å². The van der Waals surface area contributed by atoms with Crippen LogP contribution < -0.4 is 36.6 Å². The molecule has 5 atom stereocenters. The zero-order chi connectivity index (χ0) is 65.5. The van der Waals surface area contributed by atoms with Crippen molar-refractivity contribution in [1.29, 1.82) is 0 Å². The van der Waals surface area contributed by atoms with E-state index in [9.17, 15) is 47.9 Å². The number of carbonyl (C=O) groups is 10. The van der Waals surface area contributed by atoms with Gasteiger partial charge in [0, 0.05) is 41.4 Å². The van der Waals surface area contributed by atoms with Gasteiger partial charge in [0.05, 0.1) is 0 Å². The fourth-order valence-corrected chi connectivity index (χ4v) is 8.43. The molecule has 0 saturated heterocycles. The second-order valence-electron chi connectivity index (χ2n) is 25.9. The van der Waals surface area contributed by atoms with E-state index < -0.39 is 124 Å². The predicted molar refractivity (Wildman–Crippen MR) is 334 cm³/mol. The second-order valence-corrected chi connectivity index (χ2v) is 27.1. The molecule has 0 saturated carbocycles. The van der Waals surface area contributed by atoms with Gasteiger partial charge in [-0.2, -0.15) is 0 Å². The quantitative estimate of drug-likeness (QED) is 0.0167. The fourth-order valence-electron chi connectivity index (χ4n) is 8.07. The highest BCUT2D eigenvalue weighted by Crippen LogP contribution is 2.20. The van der Waals surface area contributed by atoms with Gasteiger partial charge >= 0.3 is 35.9 Å². The Morgan fingerprint density at radius 2 is 0.885 bits per heavy atom. The van der Waals surface area contributed by atoms with Gasteiger partial charge in [-0.3, -0.25) is 28.8 Å². The normalized spacial score (nSPS) is 13.6. The first-order chi connectivity index (χ1) is 40.2. The largest absolute Gasteiger partial charge is 0.484 e. The van der Waals surface area contributed by atoms with Gasteiger partial charge in [0.1, 0.15) is 64.0 Å². The molecule has 0 aliphatic rings. The summed E-state index contributed by atoms with van der Waals surface area (Å²) in [5.74, 6) is -5.56. The van der Waals surface area contributed by atoms with E-state index in [0.29, 0.717) is 18.4 Å². The van der Waals surface area contributed by atoms with Crippen molar-refractivity contribution in [2.24, 2.45) is 0 Å². The molecule has 0 spiro atoms. The monoisotopic (exact) mass is 1330 g/mol. The van der Waals surface area contributed by atoms with Crippen molar-refractivity contribution < 1.29 is 76.4 Å². The maximum atomic E-state index is 14.0. The Balaban J connectivity index is 1.70. The molecule has 0 aromatic heterocycles. The number of nitrogens with one attached hydrogen (secondary N) is 6. The first-order valence-corrected chi connectivity index (χ1v) is 30.2. The lowest BCUT2D eigenvalue weighted by Gasteiger charge is -2.27. The summed E-state index contributed by atoms with van der Waals surface area (Å²) in [6.45, 7) is 24.9. The molecular weight excluding hydrogens is 1240 g/mol. The summed E-state index contributed by atoms with van der Waals surface area (Å²) >= 11 is 2.10. The van der Waals surface area contributed by atoms with E-state index in [1.807, 2.05) is 18.2 Å². The zero-order valence-corrected chi connectivity index (χ0v) is 55.2. The smallest absolute Gasteiger partial charge is 0.329 e. The molecule has 22 nitrogen and oxygen atoms in total. The van der Waals surface area contributed by atoms with E-state index in [4.69, 9.17) is 28.4 Å². The molecule has 0 aliphatic carbocycles. The first kappa shape index (κ1) is 73.9. The highest BCUT2D eigenvalue weighted by molar-refractivity contribution is 14.1. The third kappa shape index (κ3) is 31.8. The SMILES string of the molecule is CC(C)(C)OC(=O)CC[C@H](NC(=O)c1ccc(I)cc1)C(=O)N[C@@H](Cc1ccc(OCC(=O)N[C@@H](Cc2ccccc2)C(=O)NCCCC[C@H](NC(=O)N[C@@H](CCC(=O)OC(C)(C)C)C(=O)OC(C)(C)C)C(=O)OC(C)(C)C)cc1)C(=O)OC(C)(C)C. The number of halogens is 1. The summed E-state index contributed by atoms with van der Waals surface area (Å²) in [6, 6.07) is 15.3. The van der Waals surface area contributed by atoms with Crippen LogP contribution in [-0.2, 0) is 74.9 Å². The molecule has 0 bridgehead atoms. The lowest BCUT2D eigenvalue weighted by molar-refractivity contribution is -0.159. The Hall–Kier alpha value is -7.31. The molecule has 0 unspecified atom stereocenters. The summed E-state index contributed by atoms with van der Waals surface area (Å²) in [6.07, 6.45) is 0.0998. The number of amides is 6. The molecule has 0 radical (unpaired) electrons. The fraction of sp³-hybridized carbons (Fsp3) is 0.562. The highest BCUT2D eigenvalue weighted by Gasteiger charge is 2.34. The molecule has 3 rings (SSSR count). The molecule has 6 N–H and O–H groups in total. The standard InChI is InChI=1S/C64H91IN6O16/c1-60(2,3)83-51(73)34-32-45(68-53(75)42-26-28-43(65)29-27-42)55(77)69-49(58(80)87-64(13,14)15)38-41-24-30-44(31-25-41)82-39-50(72)67-48(37-40-21-17-16-18-22-40)54(76)66-36-20-19-23-46(56(78)85-62(7,8)9)70-59(81)71-47(57(79)86-63(10,11)12)33-35-52(74)84-61(4,5)6/h16-18,21-22,24-31,45-49H,19-20,23,32-39H2,1-15H3,(H,66,76)(H,67,72)(H,68,75)(H,69,77)(H2,70,71,81)/t45-,46-,47-,48-,49-/m0/s1. The number of benzene rings is 3. The second kappa shape index (κ2) is 33.7. The number of unbranched alkanes of at least 4 members (excludes halogenated alkanes) is 1. The van der Waals surface area contributed by atoms with E-state index in [1.54, 1.807) is 165 Å². The van der Waals surface area contributed by atoms with Crippen molar-refractivity contribution in [2.45, 2.75) is 220 Å². The molecule has 6 amide bonds. The van der Waals surface area contributed by atoms with E-state index in [2.05, 4.69) is 54.5 Å². The van der Waals surface area contributed by atoms with Crippen molar-refractivity contribution in [1.82, 2.24) is 31.9 Å². The van der Waals surface area contributed by atoms with Gasteiger partial charge in [0.25, 0.3) is 11.8 Å². The Morgan fingerprint density at radius 3 is 1.38 bits per heavy atom. The number of rotatable bonds is 29. The third-order valence-electron chi connectivity index (χ3n) is 11.7. The van der Waals surface area contributed by atoms with Gasteiger partial charge in [-0.25, -0.2) is 19.2 Å². The van der Waals surface area contributed by atoms with Crippen molar-refractivity contribution in [3.63, 3.8) is 0 Å². The van der Waals surface area contributed by atoms with Gasteiger partial charge in [-0.15, -0.1) is 0 Å². The Bertz CT molecular complexity index is 2800. The summed E-state index contributed by atoms with van der Waals surface area (Å²) in [5.41, 5.74) is -2.70. The molecule has 0 heterocycles. The molecule has 480 valence electrons. The Morgan fingerprint density at radius 1 is 0.437 bits per heavy atom. The van der Waals surface area contributed by atoms with Crippen LogP contribution in [0, 0.1) is 3.57 Å². The van der Waals surface area contributed by atoms with Gasteiger partial charge in [-0.05, 0) is 206 Å². The van der Waals surface area contributed by atoms with Crippen molar-refractivity contribution in [3.05, 3.63) is 99.1 Å². The molecule has 3 aromatic rings. The van der Waals surface area contributed by atoms with Gasteiger partial charge in [0.2, 0.25) is 11.8 Å². The predicted octanol–water partition coefficient (Wildman–Crippen LogP) is 7.82. The summed E-state index contributed by atoms with van der Waals surface area (Å²) in [4.78, 5) is 134. The zero-order valence-electron chi connectivity index (χ0n) is 53.1. The third-order valence-corrected chi connectivity index (χ3v) is 12.4. The Labute approximate surface area is 525 Å². The van der Waals surface area contributed by atoms with Crippen LogP contribution in [0.4, 0.5) is 4.79 Å². The van der Waals surface area contributed by atoms with Crippen LogP contribution in [0.25, 0.3) is 0 Å². The molecule has 23 heteroatoms. The number of ether oxygens (including phenoxy) is 6. The van der Waals surface area contributed by atoms with E-state index in [0.717, 1.165) is 9.13 Å². The summed E-state index contributed by atoms with van der Waals surface area (Å²) in [5, 5.41) is 16.2. The lowest BCUT2D eigenvalue weighted by Crippen LogP contribution is -2.53. The molecule has 0 aliphatic heterocycles. The Kier molecular flexibility index (Phi) is 28.7. The molecule has 0 fully saturated rings. The number of hydrogen-bond acceptors (Lipinski definition) is 16. The van der Waals surface area contributed by atoms with Gasteiger partial charge < -0.3 is 60.3 Å². The van der Waals surface area contributed by atoms with Crippen LogP contribution >= 0.6 is 22.6 Å².